The predicted molar refractivity (Wildman–Crippen MR) is 39.8 cm³/mol. The quantitative estimate of drug-likeness (QED) is 0.449. The van der Waals surface area contributed by atoms with E-state index in [9.17, 15) is 4.79 Å². The van der Waals surface area contributed by atoms with E-state index in [4.69, 9.17) is 9.47 Å². The fourth-order valence-electron chi connectivity index (χ4n) is 0.750. The highest BCUT2D eigenvalue weighted by molar-refractivity contribution is 5.89. The maximum atomic E-state index is 10.8. The van der Waals surface area contributed by atoms with Crippen molar-refractivity contribution >= 4 is 5.97 Å². The van der Waals surface area contributed by atoms with E-state index in [1.54, 1.807) is 19.1 Å². The second-order valence-corrected chi connectivity index (χ2v) is 2.25. The molecule has 3 nitrogen and oxygen atoms in total. The Labute approximate surface area is 65.3 Å². The molecule has 0 aromatic rings. The third-order valence-corrected chi connectivity index (χ3v) is 1.31. The van der Waals surface area contributed by atoms with Crippen molar-refractivity contribution in [3.63, 3.8) is 0 Å². The van der Waals surface area contributed by atoms with Crippen molar-refractivity contribution in [2.45, 2.75) is 13.2 Å². The average molecular weight is 154 g/mol. The van der Waals surface area contributed by atoms with E-state index in [0.717, 1.165) is 0 Å². The highest BCUT2D eigenvalue weighted by Crippen LogP contribution is 2.13. The SMILES string of the molecule is C=CCOC1C=C(C)C(=O)O1. The lowest BCUT2D eigenvalue weighted by atomic mass is 10.3. The van der Waals surface area contributed by atoms with Gasteiger partial charge in [-0.3, -0.25) is 0 Å². The lowest BCUT2D eigenvalue weighted by Gasteiger charge is -2.06. The van der Waals surface area contributed by atoms with E-state index in [1.807, 2.05) is 0 Å². The minimum atomic E-state index is -0.513. The number of hydrogen-bond acceptors (Lipinski definition) is 3. The van der Waals surface area contributed by atoms with E-state index in [-0.39, 0.29) is 5.97 Å². The summed E-state index contributed by atoms with van der Waals surface area (Å²) in [6.07, 6.45) is 2.74. The summed E-state index contributed by atoms with van der Waals surface area (Å²) in [6, 6.07) is 0. The molecule has 0 saturated heterocycles. The molecular weight excluding hydrogens is 144 g/mol. The fraction of sp³-hybridized carbons (Fsp3) is 0.375. The van der Waals surface area contributed by atoms with Crippen LogP contribution < -0.4 is 0 Å². The number of carbonyl (C=O) groups excluding carboxylic acids is 1. The van der Waals surface area contributed by atoms with Gasteiger partial charge in [-0.1, -0.05) is 6.08 Å². The fourth-order valence-corrected chi connectivity index (χ4v) is 0.750. The van der Waals surface area contributed by atoms with E-state index < -0.39 is 6.29 Å². The first-order valence-corrected chi connectivity index (χ1v) is 3.36. The summed E-state index contributed by atoms with van der Waals surface area (Å²) in [6.45, 7) is 5.56. The van der Waals surface area contributed by atoms with Gasteiger partial charge in [0.15, 0.2) is 0 Å². The number of hydrogen-bond donors (Lipinski definition) is 0. The van der Waals surface area contributed by atoms with Gasteiger partial charge >= 0.3 is 5.97 Å². The molecule has 11 heavy (non-hydrogen) atoms. The van der Waals surface area contributed by atoms with Crippen LogP contribution in [-0.4, -0.2) is 18.9 Å². The Kier molecular flexibility index (Phi) is 2.44. The van der Waals surface area contributed by atoms with E-state index >= 15 is 0 Å². The Bertz CT molecular complexity index is 205. The zero-order valence-electron chi connectivity index (χ0n) is 6.37. The number of carbonyl (C=O) groups is 1. The Morgan fingerprint density at radius 3 is 3.09 bits per heavy atom. The van der Waals surface area contributed by atoms with E-state index in [0.29, 0.717) is 12.2 Å². The van der Waals surface area contributed by atoms with Crippen LogP contribution in [-0.2, 0) is 14.3 Å². The molecule has 1 aliphatic rings. The van der Waals surface area contributed by atoms with Gasteiger partial charge in [0.1, 0.15) is 0 Å². The molecule has 1 unspecified atom stereocenters. The Hall–Kier alpha value is -1.09. The summed E-state index contributed by atoms with van der Waals surface area (Å²) in [7, 11) is 0. The third-order valence-electron chi connectivity index (χ3n) is 1.31. The van der Waals surface area contributed by atoms with Crippen molar-refractivity contribution in [2.75, 3.05) is 6.61 Å². The maximum absolute atomic E-state index is 10.8. The lowest BCUT2D eigenvalue weighted by Crippen LogP contribution is -2.12. The highest BCUT2D eigenvalue weighted by Gasteiger charge is 2.21. The minimum Gasteiger partial charge on any atom is -0.429 e. The minimum absolute atomic E-state index is 0.306. The van der Waals surface area contributed by atoms with Gasteiger partial charge in [-0.25, -0.2) is 4.79 Å². The molecule has 1 aliphatic heterocycles. The van der Waals surface area contributed by atoms with Crippen LogP contribution in [0.1, 0.15) is 6.92 Å². The van der Waals surface area contributed by atoms with Crippen LogP contribution in [0, 0.1) is 0 Å². The lowest BCUT2D eigenvalue weighted by molar-refractivity contribution is -0.157. The molecule has 0 N–H and O–H groups in total. The summed E-state index contributed by atoms with van der Waals surface area (Å²) in [5, 5.41) is 0. The van der Waals surface area contributed by atoms with Crippen LogP contribution in [0.25, 0.3) is 0 Å². The van der Waals surface area contributed by atoms with Gasteiger partial charge in [-0.2, -0.15) is 0 Å². The van der Waals surface area contributed by atoms with Crippen LogP contribution in [0.4, 0.5) is 0 Å². The number of rotatable bonds is 3. The van der Waals surface area contributed by atoms with Crippen LogP contribution in [0.2, 0.25) is 0 Å². The van der Waals surface area contributed by atoms with Crippen molar-refractivity contribution < 1.29 is 14.3 Å². The zero-order valence-corrected chi connectivity index (χ0v) is 6.37. The molecule has 0 fully saturated rings. The molecular formula is C8H10O3. The van der Waals surface area contributed by atoms with Crippen molar-refractivity contribution in [3.05, 3.63) is 24.3 Å². The van der Waals surface area contributed by atoms with Crippen LogP contribution in [0.15, 0.2) is 24.3 Å². The number of ether oxygens (including phenoxy) is 2. The van der Waals surface area contributed by atoms with Crippen molar-refractivity contribution in [2.24, 2.45) is 0 Å². The maximum Gasteiger partial charge on any atom is 0.336 e. The first kappa shape index (κ1) is 8.01. The van der Waals surface area contributed by atoms with Crippen molar-refractivity contribution in [1.82, 2.24) is 0 Å². The van der Waals surface area contributed by atoms with E-state index in [2.05, 4.69) is 6.58 Å². The smallest absolute Gasteiger partial charge is 0.336 e. The number of esters is 1. The molecule has 0 aromatic heterocycles. The third kappa shape index (κ3) is 1.91. The Balaban J connectivity index is 2.41. The molecule has 0 saturated carbocycles. The van der Waals surface area contributed by atoms with Crippen LogP contribution in [0.5, 0.6) is 0 Å². The molecule has 0 radical (unpaired) electrons. The Morgan fingerprint density at radius 2 is 2.64 bits per heavy atom. The first-order valence-electron chi connectivity index (χ1n) is 3.36. The second kappa shape index (κ2) is 3.34. The van der Waals surface area contributed by atoms with Gasteiger partial charge in [-0.15, -0.1) is 6.58 Å². The van der Waals surface area contributed by atoms with Gasteiger partial charge < -0.3 is 9.47 Å². The van der Waals surface area contributed by atoms with Crippen molar-refractivity contribution in [1.29, 1.82) is 0 Å². The van der Waals surface area contributed by atoms with Gasteiger partial charge in [0, 0.05) is 5.57 Å². The summed E-state index contributed by atoms with van der Waals surface area (Å²) in [5.74, 6) is -0.306. The molecule has 3 heteroatoms. The predicted octanol–water partition coefficient (Wildman–Crippen LogP) is 1.02. The van der Waals surface area contributed by atoms with Crippen LogP contribution in [0.3, 0.4) is 0 Å². The molecule has 0 aromatic carbocycles. The highest BCUT2D eigenvalue weighted by atomic mass is 16.7. The molecule has 1 rings (SSSR count). The summed E-state index contributed by atoms with van der Waals surface area (Å²) >= 11 is 0. The first-order chi connectivity index (χ1) is 5.24. The van der Waals surface area contributed by atoms with Gasteiger partial charge in [0.2, 0.25) is 6.29 Å². The Morgan fingerprint density at radius 1 is 1.91 bits per heavy atom. The van der Waals surface area contributed by atoms with Gasteiger partial charge in [0.25, 0.3) is 0 Å². The largest absolute Gasteiger partial charge is 0.429 e. The molecule has 0 amide bonds. The monoisotopic (exact) mass is 154 g/mol. The normalized spacial score (nSPS) is 22.8. The average Bonchev–Trinajstić information content (AvgIpc) is 2.28. The molecule has 60 valence electrons. The molecule has 0 aliphatic carbocycles. The second-order valence-electron chi connectivity index (χ2n) is 2.25. The molecule has 1 atom stereocenters. The molecule has 1 heterocycles. The van der Waals surface area contributed by atoms with Crippen LogP contribution >= 0.6 is 0 Å². The summed E-state index contributed by atoms with van der Waals surface area (Å²) < 4.78 is 9.83. The van der Waals surface area contributed by atoms with Gasteiger partial charge in [0.05, 0.1) is 6.61 Å². The topological polar surface area (TPSA) is 35.5 Å². The number of cyclic esters (lactones) is 1. The summed E-state index contributed by atoms with van der Waals surface area (Å²) in [5.41, 5.74) is 0.596. The van der Waals surface area contributed by atoms with Crippen molar-refractivity contribution in [3.8, 4) is 0 Å². The van der Waals surface area contributed by atoms with E-state index in [1.165, 1.54) is 0 Å². The van der Waals surface area contributed by atoms with Gasteiger partial charge in [-0.05, 0) is 13.0 Å². The standard InChI is InChI=1S/C8H10O3/c1-3-4-10-7-5-6(2)8(9)11-7/h3,5,7H,1,4H2,2H3. The summed E-state index contributed by atoms with van der Waals surface area (Å²) in [4.78, 5) is 10.8. The molecule has 0 bridgehead atoms. The zero-order chi connectivity index (χ0) is 8.27. The molecule has 0 spiro atoms.